The Morgan fingerprint density at radius 3 is 2.22 bits per heavy atom. The molecule has 2 aromatic carbocycles. The summed E-state index contributed by atoms with van der Waals surface area (Å²) < 4.78 is 4.78. The zero-order valence-corrected chi connectivity index (χ0v) is 15.8. The molecule has 0 aliphatic heterocycles. The van der Waals surface area contributed by atoms with Crippen LogP contribution in [0.25, 0.3) is 0 Å². The zero-order chi connectivity index (χ0) is 19.8. The molecule has 6 heteroatoms. The first kappa shape index (κ1) is 20.2. The molecule has 0 aromatic heterocycles. The Kier molecular flexibility index (Phi) is 7.11. The van der Waals surface area contributed by atoms with Gasteiger partial charge in [0.2, 0.25) is 11.8 Å². The summed E-state index contributed by atoms with van der Waals surface area (Å²) in [5.74, 6) is -0.852. The second-order valence-electron chi connectivity index (χ2n) is 6.16. The number of ether oxygens (including phenoxy) is 1. The van der Waals surface area contributed by atoms with E-state index in [1.54, 1.807) is 36.2 Å². The molecule has 0 radical (unpaired) electrons. The van der Waals surface area contributed by atoms with Crippen LogP contribution in [-0.4, -0.2) is 43.4 Å². The Bertz CT molecular complexity index is 805. The lowest BCUT2D eigenvalue weighted by Crippen LogP contribution is -2.35. The first-order chi connectivity index (χ1) is 12.9. The van der Waals surface area contributed by atoms with E-state index in [1.807, 2.05) is 30.3 Å². The van der Waals surface area contributed by atoms with Gasteiger partial charge in [0.25, 0.3) is 0 Å². The van der Waals surface area contributed by atoms with Gasteiger partial charge < -0.3 is 14.5 Å². The Morgan fingerprint density at radius 2 is 1.59 bits per heavy atom. The van der Waals surface area contributed by atoms with Crippen LogP contribution in [0.4, 0.5) is 5.69 Å². The Labute approximate surface area is 159 Å². The molecule has 0 aliphatic carbocycles. The van der Waals surface area contributed by atoms with Crippen molar-refractivity contribution in [3.05, 3.63) is 65.7 Å². The maximum absolute atomic E-state index is 12.5. The van der Waals surface area contributed by atoms with Crippen molar-refractivity contribution in [1.82, 2.24) is 4.90 Å². The quantitative estimate of drug-likeness (QED) is 0.705. The van der Waals surface area contributed by atoms with Gasteiger partial charge in [-0.3, -0.25) is 9.59 Å². The SMILES string of the molecule is COC(=O)c1ccccc1N(CCC(=O)N(C)Cc1ccccc1)C(C)=O. The molecule has 0 atom stereocenters. The number of hydrogen-bond donors (Lipinski definition) is 0. The number of carbonyl (C=O) groups excluding carboxylic acids is 3. The fourth-order valence-electron chi connectivity index (χ4n) is 2.78. The predicted molar refractivity (Wildman–Crippen MR) is 103 cm³/mol. The molecule has 0 N–H and O–H groups in total. The van der Waals surface area contributed by atoms with Gasteiger partial charge in [0, 0.05) is 33.5 Å². The number of rotatable bonds is 7. The number of hydrogen-bond acceptors (Lipinski definition) is 4. The molecule has 27 heavy (non-hydrogen) atoms. The van der Waals surface area contributed by atoms with Gasteiger partial charge in [0.15, 0.2) is 0 Å². The Balaban J connectivity index is 2.08. The maximum Gasteiger partial charge on any atom is 0.339 e. The van der Waals surface area contributed by atoms with Gasteiger partial charge in [0.1, 0.15) is 0 Å². The van der Waals surface area contributed by atoms with Crippen molar-refractivity contribution >= 4 is 23.5 Å². The summed E-state index contributed by atoms with van der Waals surface area (Å²) in [5.41, 5.74) is 1.77. The third kappa shape index (κ3) is 5.41. The summed E-state index contributed by atoms with van der Waals surface area (Å²) in [7, 11) is 3.02. The number of esters is 1. The third-order valence-corrected chi connectivity index (χ3v) is 4.22. The minimum absolute atomic E-state index is 0.0827. The van der Waals surface area contributed by atoms with Crippen molar-refractivity contribution in [2.45, 2.75) is 19.9 Å². The molecular formula is C21H24N2O4. The summed E-state index contributed by atoms with van der Waals surface area (Å²) in [5, 5.41) is 0. The average Bonchev–Trinajstić information content (AvgIpc) is 2.68. The number of nitrogens with zero attached hydrogens (tertiary/aromatic N) is 2. The predicted octanol–water partition coefficient (Wildman–Crippen LogP) is 2.87. The van der Waals surface area contributed by atoms with E-state index in [1.165, 1.54) is 18.9 Å². The molecule has 0 unspecified atom stereocenters. The van der Waals surface area contributed by atoms with Crippen LogP contribution in [0.15, 0.2) is 54.6 Å². The number of benzene rings is 2. The van der Waals surface area contributed by atoms with Crippen LogP contribution in [-0.2, 0) is 20.9 Å². The van der Waals surface area contributed by atoms with Gasteiger partial charge in [-0.15, -0.1) is 0 Å². The highest BCUT2D eigenvalue weighted by atomic mass is 16.5. The van der Waals surface area contributed by atoms with Crippen LogP contribution in [0.5, 0.6) is 0 Å². The van der Waals surface area contributed by atoms with Gasteiger partial charge in [0.05, 0.1) is 18.4 Å². The molecule has 0 fully saturated rings. The highest BCUT2D eigenvalue weighted by Crippen LogP contribution is 2.22. The normalized spacial score (nSPS) is 10.2. The topological polar surface area (TPSA) is 66.9 Å². The van der Waals surface area contributed by atoms with E-state index in [2.05, 4.69) is 0 Å². The second kappa shape index (κ2) is 9.52. The lowest BCUT2D eigenvalue weighted by molar-refractivity contribution is -0.130. The van der Waals surface area contributed by atoms with E-state index in [0.29, 0.717) is 17.8 Å². The van der Waals surface area contributed by atoms with Gasteiger partial charge in [-0.2, -0.15) is 0 Å². The van der Waals surface area contributed by atoms with Crippen LogP contribution in [0.1, 0.15) is 29.3 Å². The number of carbonyl (C=O) groups is 3. The maximum atomic E-state index is 12.5. The van der Waals surface area contributed by atoms with E-state index >= 15 is 0 Å². The van der Waals surface area contributed by atoms with Crippen LogP contribution in [0.3, 0.4) is 0 Å². The minimum Gasteiger partial charge on any atom is -0.465 e. The van der Waals surface area contributed by atoms with Crippen molar-refractivity contribution in [3.8, 4) is 0 Å². The smallest absolute Gasteiger partial charge is 0.339 e. The van der Waals surface area contributed by atoms with Crippen LogP contribution in [0, 0.1) is 0 Å². The highest BCUT2D eigenvalue weighted by Gasteiger charge is 2.21. The number of methoxy groups -OCH3 is 1. The van der Waals surface area contributed by atoms with Crippen molar-refractivity contribution in [2.75, 3.05) is 25.6 Å². The number of amides is 2. The summed E-state index contributed by atoms with van der Waals surface area (Å²) in [6.07, 6.45) is 0.151. The summed E-state index contributed by atoms with van der Waals surface area (Å²) in [6.45, 7) is 2.09. The standard InChI is InChI=1S/C21H24N2O4/c1-16(24)23(19-12-8-7-11-18(19)21(26)27-3)14-13-20(25)22(2)15-17-9-5-4-6-10-17/h4-12H,13-15H2,1-3H3. The largest absolute Gasteiger partial charge is 0.465 e. The van der Waals surface area contributed by atoms with Gasteiger partial charge in [-0.1, -0.05) is 42.5 Å². The lowest BCUT2D eigenvalue weighted by atomic mass is 10.1. The fourth-order valence-corrected chi connectivity index (χ4v) is 2.78. The Morgan fingerprint density at radius 1 is 0.963 bits per heavy atom. The highest BCUT2D eigenvalue weighted by molar-refractivity contribution is 6.02. The molecule has 6 nitrogen and oxygen atoms in total. The van der Waals surface area contributed by atoms with E-state index in [0.717, 1.165) is 5.56 Å². The van der Waals surface area contributed by atoms with Crippen molar-refractivity contribution in [3.63, 3.8) is 0 Å². The van der Waals surface area contributed by atoms with Crippen molar-refractivity contribution in [2.24, 2.45) is 0 Å². The molecule has 142 valence electrons. The molecule has 0 bridgehead atoms. The zero-order valence-electron chi connectivity index (χ0n) is 15.8. The molecular weight excluding hydrogens is 344 g/mol. The molecule has 0 spiro atoms. The third-order valence-electron chi connectivity index (χ3n) is 4.22. The molecule has 2 amide bonds. The van der Waals surface area contributed by atoms with Crippen molar-refractivity contribution < 1.29 is 19.1 Å². The van der Waals surface area contributed by atoms with Crippen LogP contribution >= 0.6 is 0 Å². The van der Waals surface area contributed by atoms with Gasteiger partial charge >= 0.3 is 5.97 Å². The summed E-state index contributed by atoms with van der Waals surface area (Å²) >= 11 is 0. The molecule has 2 aromatic rings. The molecule has 0 heterocycles. The van der Waals surface area contributed by atoms with E-state index < -0.39 is 5.97 Å². The average molecular weight is 368 g/mol. The van der Waals surface area contributed by atoms with E-state index in [4.69, 9.17) is 4.74 Å². The molecule has 2 rings (SSSR count). The monoisotopic (exact) mass is 368 g/mol. The van der Waals surface area contributed by atoms with Crippen molar-refractivity contribution in [1.29, 1.82) is 0 Å². The van der Waals surface area contributed by atoms with E-state index in [-0.39, 0.29) is 24.8 Å². The summed E-state index contributed by atoms with van der Waals surface area (Å²) in [6, 6.07) is 16.4. The Hall–Kier alpha value is -3.15. The number of para-hydroxylation sites is 1. The van der Waals surface area contributed by atoms with Gasteiger partial charge in [-0.25, -0.2) is 4.79 Å². The first-order valence-electron chi connectivity index (χ1n) is 8.67. The lowest BCUT2D eigenvalue weighted by Gasteiger charge is -2.24. The molecule has 0 aliphatic rings. The van der Waals surface area contributed by atoms with E-state index in [9.17, 15) is 14.4 Å². The minimum atomic E-state index is -0.524. The summed E-state index contributed by atoms with van der Waals surface area (Å²) in [4.78, 5) is 39.6. The molecule has 0 saturated heterocycles. The van der Waals surface area contributed by atoms with Crippen LogP contribution in [0.2, 0.25) is 0 Å². The number of anilines is 1. The molecule has 0 saturated carbocycles. The fraction of sp³-hybridized carbons (Fsp3) is 0.286. The van der Waals surface area contributed by atoms with Gasteiger partial charge in [-0.05, 0) is 17.7 Å². The van der Waals surface area contributed by atoms with Crippen LogP contribution < -0.4 is 4.90 Å². The first-order valence-corrected chi connectivity index (χ1v) is 8.67. The second-order valence-corrected chi connectivity index (χ2v) is 6.16.